The standard InChI is InChI=1S/C20H25NO3S/c1-13-6-9-17(10-7-13)25-15(3)20(22)21-14(2)18-12-16(23-4)8-11-19(18)24-5/h6-12,14-15H,1-5H3,(H,21,22)/t14-,15-/m0/s1. The van der Waals surface area contributed by atoms with E-state index in [0.717, 1.165) is 22.0 Å². The summed E-state index contributed by atoms with van der Waals surface area (Å²) < 4.78 is 10.7. The molecule has 1 N–H and O–H groups in total. The number of carbonyl (C=O) groups excluding carboxylic acids is 1. The number of hydrogen-bond acceptors (Lipinski definition) is 4. The average Bonchev–Trinajstić information content (AvgIpc) is 2.62. The average molecular weight is 359 g/mol. The molecule has 4 nitrogen and oxygen atoms in total. The van der Waals surface area contributed by atoms with Gasteiger partial charge in [-0.25, -0.2) is 0 Å². The first-order chi connectivity index (χ1) is 11.9. The molecule has 0 aliphatic carbocycles. The molecule has 0 saturated carbocycles. The van der Waals surface area contributed by atoms with Crippen LogP contribution in [0, 0.1) is 6.92 Å². The third kappa shape index (κ3) is 5.16. The number of ether oxygens (including phenoxy) is 2. The van der Waals surface area contributed by atoms with Gasteiger partial charge in [-0.05, 0) is 51.1 Å². The van der Waals surface area contributed by atoms with Gasteiger partial charge in [-0.1, -0.05) is 17.7 Å². The van der Waals surface area contributed by atoms with E-state index >= 15 is 0 Å². The maximum Gasteiger partial charge on any atom is 0.233 e. The number of amides is 1. The molecule has 1 amide bonds. The fraction of sp³-hybridized carbons (Fsp3) is 0.350. The Hall–Kier alpha value is -2.14. The Kier molecular flexibility index (Phi) is 6.76. The van der Waals surface area contributed by atoms with Crippen LogP contribution in [0.25, 0.3) is 0 Å². The van der Waals surface area contributed by atoms with Gasteiger partial charge >= 0.3 is 0 Å². The van der Waals surface area contributed by atoms with Crippen LogP contribution in [0.5, 0.6) is 11.5 Å². The largest absolute Gasteiger partial charge is 0.497 e. The molecule has 0 heterocycles. The summed E-state index contributed by atoms with van der Waals surface area (Å²) in [6, 6.07) is 13.6. The molecule has 0 unspecified atom stereocenters. The van der Waals surface area contributed by atoms with E-state index in [0.29, 0.717) is 0 Å². The van der Waals surface area contributed by atoms with Gasteiger partial charge in [0.25, 0.3) is 0 Å². The second-order valence-electron chi connectivity index (χ2n) is 5.91. The summed E-state index contributed by atoms with van der Waals surface area (Å²) >= 11 is 1.55. The van der Waals surface area contributed by atoms with Crippen molar-refractivity contribution in [1.29, 1.82) is 0 Å². The maximum atomic E-state index is 12.5. The Bertz CT molecular complexity index is 715. The van der Waals surface area contributed by atoms with Gasteiger partial charge in [0.15, 0.2) is 0 Å². The summed E-state index contributed by atoms with van der Waals surface area (Å²) in [6.07, 6.45) is 0. The molecule has 0 fully saturated rings. The Morgan fingerprint density at radius 2 is 1.72 bits per heavy atom. The lowest BCUT2D eigenvalue weighted by atomic mass is 10.1. The predicted molar refractivity (Wildman–Crippen MR) is 103 cm³/mol. The minimum Gasteiger partial charge on any atom is -0.497 e. The van der Waals surface area contributed by atoms with Crippen LogP contribution in [0.3, 0.4) is 0 Å². The molecule has 25 heavy (non-hydrogen) atoms. The van der Waals surface area contributed by atoms with Crippen molar-refractivity contribution in [3.63, 3.8) is 0 Å². The zero-order valence-electron chi connectivity index (χ0n) is 15.3. The minimum absolute atomic E-state index is 0.0112. The van der Waals surface area contributed by atoms with Crippen LogP contribution >= 0.6 is 11.8 Å². The maximum absolute atomic E-state index is 12.5. The van der Waals surface area contributed by atoms with Crippen molar-refractivity contribution in [1.82, 2.24) is 5.32 Å². The van der Waals surface area contributed by atoms with Crippen LogP contribution in [0.1, 0.15) is 31.0 Å². The normalized spacial score (nSPS) is 13.0. The van der Waals surface area contributed by atoms with Crippen molar-refractivity contribution in [2.75, 3.05) is 14.2 Å². The molecule has 0 aliphatic heterocycles. The number of rotatable bonds is 7. The van der Waals surface area contributed by atoms with Crippen LogP contribution in [0.2, 0.25) is 0 Å². The summed E-state index contributed by atoms with van der Waals surface area (Å²) in [5.41, 5.74) is 2.10. The molecule has 5 heteroatoms. The summed E-state index contributed by atoms with van der Waals surface area (Å²) in [7, 11) is 3.24. The molecule has 0 radical (unpaired) electrons. The SMILES string of the molecule is COc1ccc(OC)c([C@H](C)NC(=O)[C@H](C)Sc2ccc(C)cc2)c1. The molecule has 0 aliphatic rings. The molecule has 0 aromatic heterocycles. The molecule has 2 rings (SSSR count). The van der Waals surface area contributed by atoms with Crippen molar-refractivity contribution in [2.45, 2.75) is 37.0 Å². The van der Waals surface area contributed by atoms with Crippen molar-refractivity contribution >= 4 is 17.7 Å². The summed E-state index contributed by atoms with van der Waals surface area (Å²) in [6.45, 7) is 5.90. The minimum atomic E-state index is -0.193. The van der Waals surface area contributed by atoms with Gasteiger partial charge in [-0.15, -0.1) is 11.8 Å². The zero-order valence-corrected chi connectivity index (χ0v) is 16.1. The lowest BCUT2D eigenvalue weighted by molar-refractivity contribution is -0.120. The third-order valence-corrected chi connectivity index (χ3v) is 5.08. The van der Waals surface area contributed by atoms with E-state index in [1.54, 1.807) is 26.0 Å². The molecule has 0 spiro atoms. The molecular weight excluding hydrogens is 334 g/mol. The lowest BCUT2D eigenvalue weighted by Gasteiger charge is -2.20. The molecule has 0 saturated heterocycles. The Balaban J connectivity index is 2.05. The number of benzene rings is 2. The number of hydrogen-bond donors (Lipinski definition) is 1. The van der Waals surface area contributed by atoms with Crippen LogP contribution in [0.15, 0.2) is 47.4 Å². The fourth-order valence-electron chi connectivity index (χ4n) is 2.46. The van der Waals surface area contributed by atoms with E-state index in [9.17, 15) is 4.79 Å². The summed E-state index contributed by atoms with van der Waals surface area (Å²) in [5, 5.41) is 2.87. The van der Waals surface area contributed by atoms with E-state index in [1.165, 1.54) is 5.56 Å². The first-order valence-electron chi connectivity index (χ1n) is 8.20. The van der Waals surface area contributed by atoms with Gasteiger partial charge in [0, 0.05) is 10.5 Å². The highest BCUT2D eigenvalue weighted by Gasteiger charge is 2.19. The van der Waals surface area contributed by atoms with E-state index < -0.39 is 0 Å². The van der Waals surface area contributed by atoms with Gasteiger partial charge in [0.1, 0.15) is 11.5 Å². The Labute approximate surface area is 153 Å². The van der Waals surface area contributed by atoms with Gasteiger partial charge in [0.2, 0.25) is 5.91 Å². The number of thioether (sulfide) groups is 1. The van der Waals surface area contributed by atoms with E-state index in [-0.39, 0.29) is 17.2 Å². The zero-order chi connectivity index (χ0) is 18.4. The van der Waals surface area contributed by atoms with Gasteiger partial charge in [0.05, 0.1) is 25.5 Å². The van der Waals surface area contributed by atoms with Crippen molar-refractivity contribution in [2.24, 2.45) is 0 Å². The van der Waals surface area contributed by atoms with Crippen LogP contribution < -0.4 is 14.8 Å². The molecule has 0 bridgehead atoms. The van der Waals surface area contributed by atoms with Crippen LogP contribution in [-0.4, -0.2) is 25.4 Å². The van der Waals surface area contributed by atoms with E-state index in [2.05, 4.69) is 17.4 Å². The highest BCUT2D eigenvalue weighted by atomic mass is 32.2. The van der Waals surface area contributed by atoms with E-state index in [1.807, 2.05) is 51.1 Å². The molecule has 2 atom stereocenters. The molecule has 2 aromatic carbocycles. The summed E-state index contributed by atoms with van der Waals surface area (Å²) in [4.78, 5) is 13.6. The third-order valence-electron chi connectivity index (χ3n) is 3.97. The Morgan fingerprint density at radius 1 is 1.04 bits per heavy atom. The summed E-state index contributed by atoms with van der Waals surface area (Å²) in [5.74, 6) is 1.45. The number of carbonyl (C=O) groups is 1. The fourth-order valence-corrected chi connectivity index (χ4v) is 3.34. The smallest absolute Gasteiger partial charge is 0.233 e. The second-order valence-corrected chi connectivity index (χ2v) is 7.33. The van der Waals surface area contributed by atoms with Gasteiger partial charge in [-0.3, -0.25) is 4.79 Å². The van der Waals surface area contributed by atoms with Crippen LogP contribution in [0.4, 0.5) is 0 Å². The van der Waals surface area contributed by atoms with Crippen LogP contribution in [-0.2, 0) is 4.79 Å². The number of nitrogens with one attached hydrogen (secondary N) is 1. The van der Waals surface area contributed by atoms with Gasteiger partial charge < -0.3 is 14.8 Å². The second kappa shape index (κ2) is 8.81. The Morgan fingerprint density at radius 3 is 2.32 bits per heavy atom. The number of aryl methyl sites for hydroxylation is 1. The monoisotopic (exact) mass is 359 g/mol. The highest BCUT2D eigenvalue weighted by molar-refractivity contribution is 8.00. The van der Waals surface area contributed by atoms with Crippen molar-refractivity contribution in [3.05, 3.63) is 53.6 Å². The highest BCUT2D eigenvalue weighted by Crippen LogP contribution is 2.30. The predicted octanol–water partition coefficient (Wildman–Crippen LogP) is 4.37. The van der Waals surface area contributed by atoms with Crippen molar-refractivity contribution < 1.29 is 14.3 Å². The quantitative estimate of drug-likeness (QED) is 0.746. The molecular formula is C20H25NO3S. The first-order valence-corrected chi connectivity index (χ1v) is 9.08. The molecule has 134 valence electrons. The first kappa shape index (κ1) is 19.2. The van der Waals surface area contributed by atoms with E-state index in [4.69, 9.17) is 9.47 Å². The van der Waals surface area contributed by atoms with Crippen molar-refractivity contribution in [3.8, 4) is 11.5 Å². The lowest BCUT2D eigenvalue weighted by Crippen LogP contribution is -2.33. The topological polar surface area (TPSA) is 47.6 Å². The number of methoxy groups -OCH3 is 2. The van der Waals surface area contributed by atoms with Gasteiger partial charge in [-0.2, -0.15) is 0 Å². The molecule has 2 aromatic rings.